The van der Waals surface area contributed by atoms with Crippen molar-refractivity contribution in [1.29, 1.82) is 0 Å². The zero-order valence-electron chi connectivity index (χ0n) is 20.0. The normalized spacial score (nSPS) is 27.7. The summed E-state index contributed by atoms with van der Waals surface area (Å²) in [5, 5.41) is 8.31. The Morgan fingerprint density at radius 1 is 0.970 bits per heavy atom. The molecule has 5 rings (SSSR count). The minimum absolute atomic E-state index is 0.132. The maximum atomic E-state index is 12.8. The molecule has 4 fully saturated rings. The number of benzene rings is 1. The number of rotatable bonds is 7. The highest BCUT2D eigenvalue weighted by Crippen LogP contribution is 2.61. The van der Waals surface area contributed by atoms with Gasteiger partial charge in [0.05, 0.1) is 0 Å². The van der Waals surface area contributed by atoms with Gasteiger partial charge in [-0.2, -0.15) is 0 Å². The maximum absolute atomic E-state index is 12.8. The Morgan fingerprint density at radius 3 is 2.21 bits per heavy atom. The molecule has 3 N–H and O–H groups in total. The van der Waals surface area contributed by atoms with Gasteiger partial charge in [-0.25, -0.2) is 4.79 Å². The van der Waals surface area contributed by atoms with E-state index in [0.29, 0.717) is 18.7 Å². The third-order valence-corrected chi connectivity index (χ3v) is 7.19. The summed E-state index contributed by atoms with van der Waals surface area (Å²) in [5.74, 6) is 2.31. The second-order valence-corrected chi connectivity index (χ2v) is 11.5. The van der Waals surface area contributed by atoms with Gasteiger partial charge >= 0.3 is 6.09 Å². The van der Waals surface area contributed by atoms with Crippen LogP contribution < -0.4 is 16.0 Å². The lowest BCUT2D eigenvalue weighted by molar-refractivity contribution is -0.129. The van der Waals surface area contributed by atoms with Gasteiger partial charge in [-0.3, -0.25) is 9.59 Å². The zero-order chi connectivity index (χ0) is 23.6. The summed E-state index contributed by atoms with van der Waals surface area (Å²) in [6.45, 7) is 5.55. The van der Waals surface area contributed by atoms with Gasteiger partial charge in [0.1, 0.15) is 12.1 Å². The molecule has 0 aromatic heterocycles. The highest BCUT2D eigenvalue weighted by atomic mass is 16.6. The largest absolute Gasteiger partial charge is 0.444 e. The van der Waals surface area contributed by atoms with Crippen LogP contribution in [-0.4, -0.2) is 30.1 Å². The Morgan fingerprint density at radius 2 is 1.61 bits per heavy atom. The summed E-state index contributed by atoms with van der Waals surface area (Å²) in [4.78, 5) is 36.6. The molecular formula is C26H37N3O4. The van der Waals surface area contributed by atoms with Crippen molar-refractivity contribution in [1.82, 2.24) is 10.6 Å². The zero-order valence-corrected chi connectivity index (χ0v) is 20.0. The first-order chi connectivity index (χ1) is 15.6. The van der Waals surface area contributed by atoms with Crippen molar-refractivity contribution in [2.75, 3.05) is 11.9 Å². The molecule has 3 amide bonds. The summed E-state index contributed by atoms with van der Waals surface area (Å²) < 4.78 is 5.13. The second-order valence-electron chi connectivity index (χ2n) is 11.5. The number of ether oxygens (including phenoxy) is 1. The van der Waals surface area contributed by atoms with Crippen LogP contribution in [0.15, 0.2) is 24.3 Å². The highest BCUT2D eigenvalue weighted by molar-refractivity contribution is 5.93. The first-order valence-electron chi connectivity index (χ1n) is 12.2. The predicted molar refractivity (Wildman–Crippen MR) is 126 cm³/mol. The molecule has 4 saturated carbocycles. The van der Waals surface area contributed by atoms with Crippen LogP contribution in [-0.2, 0) is 20.9 Å². The molecule has 33 heavy (non-hydrogen) atoms. The third-order valence-electron chi connectivity index (χ3n) is 7.19. The van der Waals surface area contributed by atoms with Crippen LogP contribution in [0.2, 0.25) is 0 Å². The quantitative estimate of drug-likeness (QED) is 0.569. The van der Waals surface area contributed by atoms with Crippen LogP contribution in [0.25, 0.3) is 0 Å². The Kier molecular flexibility index (Phi) is 6.68. The average Bonchev–Trinajstić information content (AvgIpc) is 2.68. The van der Waals surface area contributed by atoms with Crippen molar-refractivity contribution in [3.8, 4) is 0 Å². The smallest absolute Gasteiger partial charge is 0.408 e. The molecule has 4 bridgehead atoms. The van der Waals surface area contributed by atoms with Gasteiger partial charge in [0.25, 0.3) is 0 Å². The van der Waals surface area contributed by atoms with E-state index >= 15 is 0 Å². The molecule has 7 nitrogen and oxygen atoms in total. The molecule has 7 heteroatoms. The van der Waals surface area contributed by atoms with Crippen LogP contribution >= 0.6 is 0 Å². The van der Waals surface area contributed by atoms with Crippen molar-refractivity contribution in [3.63, 3.8) is 0 Å². The molecule has 1 aromatic rings. The van der Waals surface area contributed by atoms with E-state index < -0.39 is 11.7 Å². The predicted octanol–water partition coefficient (Wildman–Crippen LogP) is 4.37. The summed E-state index contributed by atoms with van der Waals surface area (Å²) in [6.07, 6.45) is 7.84. The van der Waals surface area contributed by atoms with Crippen LogP contribution in [0, 0.1) is 23.2 Å². The van der Waals surface area contributed by atoms with E-state index in [2.05, 4.69) is 16.0 Å². The fraction of sp³-hybridized carbons (Fsp3) is 0.654. The number of carbonyl (C=O) groups is 3. The van der Waals surface area contributed by atoms with Crippen LogP contribution in [0.3, 0.4) is 0 Å². The molecule has 0 radical (unpaired) electrons. The summed E-state index contributed by atoms with van der Waals surface area (Å²) >= 11 is 0. The molecule has 4 aliphatic carbocycles. The molecule has 0 atom stereocenters. The SMILES string of the molecule is CC(C)(C)OC(=O)NCC(=O)Nc1cccc(CNC(=O)CC23CC4CC(CC(C4)C2)C3)c1. The number of carbonyl (C=O) groups excluding carboxylic acids is 3. The van der Waals surface area contributed by atoms with E-state index in [1.54, 1.807) is 26.8 Å². The van der Waals surface area contributed by atoms with Crippen molar-refractivity contribution < 1.29 is 19.1 Å². The Hall–Kier alpha value is -2.57. The average molecular weight is 456 g/mol. The molecular weight excluding hydrogens is 418 g/mol. The minimum Gasteiger partial charge on any atom is -0.444 e. The Bertz CT molecular complexity index is 870. The number of nitrogens with one attached hydrogen (secondary N) is 3. The van der Waals surface area contributed by atoms with E-state index in [4.69, 9.17) is 4.74 Å². The molecule has 0 spiro atoms. The first-order valence-corrected chi connectivity index (χ1v) is 12.2. The second kappa shape index (κ2) is 9.35. The summed E-state index contributed by atoms with van der Waals surface area (Å²) in [7, 11) is 0. The third kappa shape index (κ3) is 6.49. The van der Waals surface area contributed by atoms with Gasteiger partial charge in [0, 0.05) is 18.7 Å². The minimum atomic E-state index is -0.631. The van der Waals surface area contributed by atoms with Gasteiger partial charge in [-0.05, 0) is 100 Å². The fourth-order valence-electron chi connectivity index (χ4n) is 6.54. The highest BCUT2D eigenvalue weighted by Gasteiger charge is 2.51. The molecule has 0 heterocycles. The lowest BCUT2D eigenvalue weighted by atomic mass is 9.49. The van der Waals surface area contributed by atoms with E-state index in [1.807, 2.05) is 18.2 Å². The van der Waals surface area contributed by atoms with Crippen LogP contribution in [0.1, 0.15) is 71.3 Å². The van der Waals surface area contributed by atoms with Gasteiger partial charge in [-0.15, -0.1) is 0 Å². The van der Waals surface area contributed by atoms with E-state index in [1.165, 1.54) is 38.5 Å². The summed E-state index contributed by atoms with van der Waals surface area (Å²) in [5.41, 5.74) is 1.16. The fourth-order valence-corrected chi connectivity index (χ4v) is 6.54. The van der Waals surface area contributed by atoms with Crippen LogP contribution in [0.4, 0.5) is 10.5 Å². The topological polar surface area (TPSA) is 96.5 Å². The number of alkyl carbamates (subject to hydrolysis) is 1. The lowest BCUT2D eigenvalue weighted by Gasteiger charge is -2.56. The van der Waals surface area contributed by atoms with Crippen molar-refractivity contribution in [2.24, 2.45) is 23.2 Å². The van der Waals surface area contributed by atoms with Crippen molar-refractivity contribution in [3.05, 3.63) is 29.8 Å². The van der Waals surface area contributed by atoms with Crippen molar-refractivity contribution in [2.45, 2.75) is 77.9 Å². The van der Waals surface area contributed by atoms with Gasteiger partial charge in [0.2, 0.25) is 11.8 Å². The molecule has 4 aliphatic rings. The van der Waals surface area contributed by atoms with Gasteiger partial charge < -0.3 is 20.7 Å². The lowest BCUT2D eigenvalue weighted by Crippen LogP contribution is -2.47. The molecule has 1 aromatic carbocycles. The molecule has 0 unspecified atom stereocenters. The molecule has 0 aliphatic heterocycles. The molecule has 180 valence electrons. The summed E-state index contributed by atoms with van der Waals surface area (Å²) in [6, 6.07) is 7.40. The van der Waals surface area contributed by atoms with E-state index in [9.17, 15) is 14.4 Å². The Balaban J connectivity index is 1.22. The monoisotopic (exact) mass is 455 g/mol. The first kappa shape index (κ1) is 23.6. The number of anilines is 1. The van der Waals surface area contributed by atoms with E-state index in [-0.39, 0.29) is 23.8 Å². The standard InChI is InChI=1S/C26H37N3O4/c1-25(2,3)33-24(32)28-16-23(31)29-21-6-4-5-17(10-21)15-27-22(30)14-26-11-18-7-19(12-26)9-20(8-18)13-26/h4-6,10,18-20H,7-9,11-16H2,1-3H3,(H,27,30)(H,28,32)(H,29,31). The van der Waals surface area contributed by atoms with Crippen molar-refractivity contribution >= 4 is 23.6 Å². The van der Waals surface area contributed by atoms with Crippen LogP contribution in [0.5, 0.6) is 0 Å². The molecule has 0 saturated heterocycles. The van der Waals surface area contributed by atoms with Gasteiger partial charge in [0.15, 0.2) is 0 Å². The maximum Gasteiger partial charge on any atom is 0.408 e. The van der Waals surface area contributed by atoms with Gasteiger partial charge in [-0.1, -0.05) is 12.1 Å². The number of amides is 3. The number of hydrogen-bond donors (Lipinski definition) is 3. The Labute approximate surface area is 196 Å². The van der Waals surface area contributed by atoms with E-state index in [0.717, 1.165) is 23.3 Å². The number of hydrogen-bond acceptors (Lipinski definition) is 4.